The maximum atomic E-state index is 6.22. The number of hydrogen-bond acceptors (Lipinski definition) is 1. The average Bonchev–Trinajstić information content (AvgIpc) is 2.61. The van der Waals surface area contributed by atoms with Crippen LogP contribution in [0.25, 0.3) is 32.7 Å². The molecule has 0 heterocycles. The van der Waals surface area contributed by atoms with Crippen LogP contribution in [0.15, 0.2) is 71.2 Å². The zero-order chi connectivity index (χ0) is 16.7. The van der Waals surface area contributed by atoms with E-state index in [1.165, 1.54) is 10.8 Å². The van der Waals surface area contributed by atoms with Gasteiger partial charge in [0.25, 0.3) is 0 Å². The molecule has 0 saturated heterocycles. The van der Waals surface area contributed by atoms with Crippen molar-refractivity contribution in [3.63, 3.8) is 0 Å². The molecule has 0 aromatic heterocycles. The van der Waals surface area contributed by atoms with Crippen molar-refractivity contribution in [1.82, 2.24) is 0 Å². The number of benzene rings is 4. The summed E-state index contributed by atoms with van der Waals surface area (Å²) in [5.74, 6) is 0.850. The molecule has 0 amide bonds. The van der Waals surface area contributed by atoms with Gasteiger partial charge in [-0.25, -0.2) is 0 Å². The molecule has 0 aliphatic rings. The predicted molar refractivity (Wildman–Crippen MR) is 106 cm³/mol. The van der Waals surface area contributed by atoms with E-state index in [0.717, 1.165) is 37.1 Å². The molecule has 0 aliphatic heterocycles. The van der Waals surface area contributed by atoms with Crippen molar-refractivity contribution in [2.45, 2.75) is 0 Å². The molecule has 4 aromatic carbocycles. The maximum Gasteiger partial charge on any atom is 0.127 e. The highest BCUT2D eigenvalue weighted by Gasteiger charge is 2.12. The van der Waals surface area contributed by atoms with Crippen LogP contribution in [0.5, 0.6) is 5.75 Å². The van der Waals surface area contributed by atoms with Crippen molar-refractivity contribution in [3.05, 3.63) is 76.2 Å². The zero-order valence-electron chi connectivity index (χ0n) is 13.0. The predicted octanol–water partition coefficient (Wildman–Crippen LogP) is 7.08. The third-order valence-corrected chi connectivity index (χ3v) is 5.00. The molecular formula is C21H14BrClO. The van der Waals surface area contributed by atoms with Crippen LogP contribution >= 0.6 is 27.5 Å². The number of halogens is 2. The Morgan fingerprint density at radius 1 is 0.792 bits per heavy atom. The van der Waals surface area contributed by atoms with E-state index in [1.807, 2.05) is 24.3 Å². The van der Waals surface area contributed by atoms with Crippen LogP contribution in [0.1, 0.15) is 0 Å². The van der Waals surface area contributed by atoms with E-state index in [9.17, 15) is 0 Å². The summed E-state index contributed by atoms with van der Waals surface area (Å²) in [5.41, 5.74) is 2.23. The van der Waals surface area contributed by atoms with E-state index in [-0.39, 0.29) is 0 Å². The highest BCUT2D eigenvalue weighted by Crippen LogP contribution is 2.40. The van der Waals surface area contributed by atoms with Gasteiger partial charge in [-0.05, 0) is 63.5 Å². The van der Waals surface area contributed by atoms with Crippen molar-refractivity contribution in [2.75, 3.05) is 7.11 Å². The van der Waals surface area contributed by atoms with Crippen LogP contribution < -0.4 is 4.74 Å². The number of rotatable bonds is 2. The van der Waals surface area contributed by atoms with Crippen molar-refractivity contribution in [3.8, 4) is 16.9 Å². The molecule has 0 saturated carbocycles. The summed E-state index contributed by atoms with van der Waals surface area (Å²) >= 11 is 9.73. The van der Waals surface area contributed by atoms with Gasteiger partial charge in [0, 0.05) is 15.1 Å². The third-order valence-electron chi connectivity index (χ3n) is 4.28. The van der Waals surface area contributed by atoms with Crippen LogP contribution in [0.3, 0.4) is 0 Å². The van der Waals surface area contributed by atoms with Gasteiger partial charge in [0.15, 0.2) is 0 Å². The molecule has 0 N–H and O–H groups in total. The van der Waals surface area contributed by atoms with Gasteiger partial charge in [-0.2, -0.15) is 0 Å². The lowest BCUT2D eigenvalue weighted by molar-refractivity contribution is 0.416. The molecule has 0 radical (unpaired) electrons. The minimum Gasteiger partial charge on any atom is -0.496 e. The molecule has 0 bridgehead atoms. The first-order chi connectivity index (χ1) is 11.7. The third kappa shape index (κ3) is 2.56. The van der Waals surface area contributed by atoms with Crippen LogP contribution in [0.2, 0.25) is 5.02 Å². The van der Waals surface area contributed by atoms with Gasteiger partial charge in [-0.1, -0.05) is 57.9 Å². The first-order valence-corrected chi connectivity index (χ1v) is 8.79. The van der Waals surface area contributed by atoms with Crippen molar-refractivity contribution < 1.29 is 4.74 Å². The molecule has 0 atom stereocenters. The lowest BCUT2D eigenvalue weighted by Gasteiger charge is -2.14. The summed E-state index contributed by atoms with van der Waals surface area (Å²) in [7, 11) is 1.70. The van der Waals surface area contributed by atoms with E-state index in [0.29, 0.717) is 0 Å². The number of hydrogen-bond donors (Lipinski definition) is 0. The summed E-state index contributed by atoms with van der Waals surface area (Å²) in [6.07, 6.45) is 0. The van der Waals surface area contributed by atoms with Gasteiger partial charge in [-0.3, -0.25) is 0 Å². The fourth-order valence-corrected chi connectivity index (χ4v) is 3.70. The van der Waals surface area contributed by atoms with Crippen LogP contribution in [0.4, 0.5) is 0 Å². The van der Waals surface area contributed by atoms with Gasteiger partial charge in [0.05, 0.1) is 7.11 Å². The molecule has 4 aromatic rings. The summed E-state index contributed by atoms with van der Waals surface area (Å²) in [5, 5.41) is 5.46. The molecule has 0 fully saturated rings. The minimum atomic E-state index is 0.752. The first-order valence-electron chi connectivity index (χ1n) is 7.62. The van der Waals surface area contributed by atoms with Crippen LogP contribution in [-0.4, -0.2) is 7.11 Å². The Hall–Kier alpha value is -2.03. The van der Waals surface area contributed by atoms with Crippen molar-refractivity contribution in [1.29, 1.82) is 0 Å². The molecule has 3 heteroatoms. The highest BCUT2D eigenvalue weighted by molar-refractivity contribution is 9.10. The second kappa shape index (κ2) is 6.12. The largest absolute Gasteiger partial charge is 0.496 e. The fraction of sp³-hybridized carbons (Fsp3) is 0.0476. The Balaban J connectivity index is 2.14. The van der Waals surface area contributed by atoms with Gasteiger partial charge in [-0.15, -0.1) is 0 Å². The Kier molecular flexibility index (Phi) is 3.95. The first kappa shape index (κ1) is 15.5. The quantitative estimate of drug-likeness (QED) is 0.328. The Bertz CT molecular complexity index is 1070. The molecule has 4 rings (SSSR count). The van der Waals surface area contributed by atoms with Crippen LogP contribution in [-0.2, 0) is 0 Å². The average molecular weight is 398 g/mol. The second-order valence-electron chi connectivity index (χ2n) is 5.68. The van der Waals surface area contributed by atoms with E-state index in [2.05, 4.69) is 58.4 Å². The van der Waals surface area contributed by atoms with Crippen molar-refractivity contribution in [2.24, 2.45) is 0 Å². The van der Waals surface area contributed by atoms with E-state index >= 15 is 0 Å². The van der Waals surface area contributed by atoms with E-state index in [1.54, 1.807) is 7.11 Å². The summed E-state index contributed by atoms with van der Waals surface area (Å²) in [6.45, 7) is 0. The summed E-state index contributed by atoms with van der Waals surface area (Å²) in [6, 6.07) is 22.8. The summed E-state index contributed by atoms with van der Waals surface area (Å²) < 4.78 is 6.61. The van der Waals surface area contributed by atoms with E-state index in [4.69, 9.17) is 16.3 Å². The molecule has 118 valence electrons. The topological polar surface area (TPSA) is 9.23 Å². The lowest BCUT2D eigenvalue weighted by atomic mass is 9.93. The molecule has 0 spiro atoms. The standard InChI is InChI=1S/C21H14BrClO/c1-24-21-11-14(22)7-9-18(21)20-10-13-6-8-15(23)12-19(13)16-4-2-3-5-17(16)20/h2-12H,1H3. The smallest absolute Gasteiger partial charge is 0.127 e. The highest BCUT2D eigenvalue weighted by atomic mass is 79.9. The number of fused-ring (bicyclic) bond motifs is 3. The number of ether oxygens (including phenoxy) is 1. The minimum absolute atomic E-state index is 0.752. The Morgan fingerprint density at radius 2 is 1.58 bits per heavy atom. The monoisotopic (exact) mass is 396 g/mol. The summed E-state index contributed by atoms with van der Waals surface area (Å²) in [4.78, 5) is 0. The second-order valence-corrected chi connectivity index (χ2v) is 7.03. The Labute approximate surface area is 154 Å². The van der Waals surface area contributed by atoms with Crippen LogP contribution in [0, 0.1) is 0 Å². The fourth-order valence-electron chi connectivity index (χ4n) is 3.18. The lowest BCUT2D eigenvalue weighted by Crippen LogP contribution is -1.90. The molecule has 1 nitrogen and oxygen atoms in total. The van der Waals surface area contributed by atoms with Crippen molar-refractivity contribution >= 4 is 49.1 Å². The molecule has 0 unspecified atom stereocenters. The maximum absolute atomic E-state index is 6.22. The van der Waals surface area contributed by atoms with E-state index < -0.39 is 0 Å². The Morgan fingerprint density at radius 3 is 2.38 bits per heavy atom. The van der Waals surface area contributed by atoms with Gasteiger partial charge in [0.1, 0.15) is 5.75 Å². The SMILES string of the molecule is COc1cc(Br)ccc1-c1cc2ccc(Cl)cc2c2ccccc12. The number of methoxy groups -OCH3 is 1. The normalized spacial score (nSPS) is 11.1. The van der Waals surface area contributed by atoms with Gasteiger partial charge in [0.2, 0.25) is 0 Å². The molecular weight excluding hydrogens is 384 g/mol. The zero-order valence-corrected chi connectivity index (χ0v) is 15.4. The molecule has 0 aliphatic carbocycles. The van der Waals surface area contributed by atoms with Gasteiger partial charge >= 0.3 is 0 Å². The van der Waals surface area contributed by atoms with Gasteiger partial charge < -0.3 is 4.74 Å². The molecule has 24 heavy (non-hydrogen) atoms.